The normalized spacial score (nSPS) is 12.8. The predicted molar refractivity (Wildman–Crippen MR) is 60.8 cm³/mol. The van der Waals surface area contributed by atoms with E-state index in [1.54, 1.807) is 0 Å². The predicted octanol–water partition coefficient (Wildman–Crippen LogP) is 2.65. The molecule has 3 heteroatoms. The van der Waals surface area contributed by atoms with Crippen molar-refractivity contribution >= 4 is 11.8 Å². The van der Waals surface area contributed by atoms with Gasteiger partial charge in [0, 0.05) is 5.75 Å². The van der Waals surface area contributed by atoms with E-state index in [2.05, 4.69) is 6.92 Å². The third-order valence-electron chi connectivity index (χ3n) is 1.99. The lowest BCUT2D eigenvalue weighted by Crippen LogP contribution is -2.12. The van der Waals surface area contributed by atoms with Crippen LogP contribution in [0.15, 0.2) is 24.3 Å². The second kappa shape index (κ2) is 6.04. The zero-order valence-corrected chi connectivity index (χ0v) is 9.19. The van der Waals surface area contributed by atoms with Gasteiger partial charge in [-0.1, -0.05) is 19.1 Å². The topological polar surface area (TPSA) is 26.0 Å². The molecule has 1 aromatic rings. The highest BCUT2D eigenvalue weighted by Gasteiger charge is 1.99. The fourth-order valence-electron chi connectivity index (χ4n) is 1.03. The molecule has 1 aromatic carbocycles. The van der Waals surface area contributed by atoms with Crippen molar-refractivity contribution < 1.29 is 4.39 Å². The molecule has 0 saturated heterocycles. The molecule has 0 spiro atoms. The maximum Gasteiger partial charge on any atom is 0.123 e. The molecule has 0 amide bonds. The van der Waals surface area contributed by atoms with Crippen LogP contribution in [-0.2, 0) is 5.75 Å². The SMILES string of the molecule is CC(CN)CSCc1ccc(F)cc1. The van der Waals surface area contributed by atoms with E-state index in [1.807, 2.05) is 23.9 Å². The van der Waals surface area contributed by atoms with Crippen molar-refractivity contribution in [3.63, 3.8) is 0 Å². The Bertz CT molecular complexity index is 260. The Balaban J connectivity index is 2.28. The van der Waals surface area contributed by atoms with E-state index >= 15 is 0 Å². The van der Waals surface area contributed by atoms with Crippen LogP contribution in [0.25, 0.3) is 0 Å². The van der Waals surface area contributed by atoms with Crippen molar-refractivity contribution in [2.24, 2.45) is 11.7 Å². The van der Waals surface area contributed by atoms with Gasteiger partial charge in [0.1, 0.15) is 5.82 Å². The van der Waals surface area contributed by atoms with Gasteiger partial charge < -0.3 is 5.73 Å². The van der Waals surface area contributed by atoms with Crippen LogP contribution in [0.5, 0.6) is 0 Å². The third kappa shape index (κ3) is 4.11. The molecule has 0 aliphatic heterocycles. The van der Waals surface area contributed by atoms with E-state index in [-0.39, 0.29) is 5.82 Å². The largest absolute Gasteiger partial charge is 0.330 e. The quantitative estimate of drug-likeness (QED) is 0.813. The van der Waals surface area contributed by atoms with Gasteiger partial charge in [-0.3, -0.25) is 0 Å². The first-order valence-electron chi connectivity index (χ1n) is 4.74. The van der Waals surface area contributed by atoms with Gasteiger partial charge in [0.15, 0.2) is 0 Å². The average Bonchev–Trinajstić information content (AvgIpc) is 2.21. The van der Waals surface area contributed by atoms with Crippen LogP contribution in [0, 0.1) is 11.7 Å². The average molecular weight is 213 g/mol. The molecule has 0 bridgehead atoms. The molecule has 0 heterocycles. The fraction of sp³-hybridized carbons (Fsp3) is 0.455. The van der Waals surface area contributed by atoms with Gasteiger partial charge >= 0.3 is 0 Å². The van der Waals surface area contributed by atoms with Gasteiger partial charge in [-0.15, -0.1) is 0 Å². The molecular formula is C11H16FNS. The molecule has 78 valence electrons. The molecule has 0 saturated carbocycles. The molecule has 1 unspecified atom stereocenters. The van der Waals surface area contributed by atoms with Gasteiger partial charge in [-0.2, -0.15) is 11.8 Å². The number of benzene rings is 1. The number of thioether (sulfide) groups is 1. The first-order valence-corrected chi connectivity index (χ1v) is 5.90. The monoisotopic (exact) mass is 213 g/mol. The number of hydrogen-bond donors (Lipinski definition) is 1. The highest BCUT2D eigenvalue weighted by atomic mass is 32.2. The Morgan fingerprint density at radius 3 is 2.57 bits per heavy atom. The van der Waals surface area contributed by atoms with E-state index in [9.17, 15) is 4.39 Å². The van der Waals surface area contributed by atoms with Crippen molar-refractivity contribution in [3.05, 3.63) is 35.6 Å². The lowest BCUT2D eigenvalue weighted by atomic mass is 10.2. The summed E-state index contributed by atoms with van der Waals surface area (Å²) >= 11 is 1.84. The molecular weight excluding hydrogens is 197 g/mol. The summed E-state index contributed by atoms with van der Waals surface area (Å²) in [4.78, 5) is 0. The molecule has 1 rings (SSSR count). The highest BCUT2D eigenvalue weighted by molar-refractivity contribution is 7.98. The first kappa shape index (κ1) is 11.5. The van der Waals surface area contributed by atoms with Crippen LogP contribution in [0.4, 0.5) is 4.39 Å². The molecule has 1 nitrogen and oxygen atoms in total. The number of halogens is 1. The van der Waals surface area contributed by atoms with Crippen LogP contribution < -0.4 is 5.73 Å². The molecule has 0 fully saturated rings. The second-order valence-electron chi connectivity index (χ2n) is 3.48. The van der Waals surface area contributed by atoms with Crippen LogP contribution >= 0.6 is 11.8 Å². The maximum atomic E-state index is 12.6. The summed E-state index contributed by atoms with van der Waals surface area (Å²) in [5, 5.41) is 0. The van der Waals surface area contributed by atoms with Gasteiger partial charge in [0.05, 0.1) is 0 Å². The summed E-state index contributed by atoms with van der Waals surface area (Å²) in [6.07, 6.45) is 0. The zero-order valence-electron chi connectivity index (χ0n) is 8.37. The third-order valence-corrected chi connectivity index (χ3v) is 3.33. The molecule has 0 radical (unpaired) electrons. The molecule has 0 aliphatic rings. The summed E-state index contributed by atoms with van der Waals surface area (Å²) in [7, 11) is 0. The van der Waals surface area contributed by atoms with E-state index in [1.165, 1.54) is 17.7 Å². The summed E-state index contributed by atoms with van der Waals surface area (Å²) in [5.41, 5.74) is 6.68. The van der Waals surface area contributed by atoms with Crippen LogP contribution in [0.3, 0.4) is 0 Å². The smallest absolute Gasteiger partial charge is 0.123 e. The fourth-order valence-corrected chi connectivity index (χ4v) is 2.11. The summed E-state index contributed by atoms with van der Waals surface area (Å²) < 4.78 is 12.6. The van der Waals surface area contributed by atoms with Crippen molar-refractivity contribution in [2.75, 3.05) is 12.3 Å². The zero-order chi connectivity index (χ0) is 10.4. The minimum absolute atomic E-state index is 0.172. The summed E-state index contributed by atoms with van der Waals surface area (Å²) in [6, 6.07) is 6.66. The Hall–Kier alpha value is -0.540. The van der Waals surface area contributed by atoms with Gasteiger partial charge in [-0.05, 0) is 35.9 Å². The Morgan fingerprint density at radius 2 is 2.00 bits per heavy atom. The Morgan fingerprint density at radius 1 is 1.36 bits per heavy atom. The summed E-state index contributed by atoms with van der Waals surface area (Å²) in [5.74, 6) is 2.38. The van der Waals surface area contributed by atoms with E-state index in [0.29, 0.717) is 5.92 Å². The van der Waals surface area contributed by atoms with E-state index in [4.69, 9.17) is 5.73 Å². The van der Waals surface area contributed by atoms with Crippen molar-refractivity contribution in [1.29, 1.82) is 0 Å². The molecule has 0 aromatic heterocycles. The molecule has 1 atom stereocenters. The lowest BCUT2D eigenvalue weighted by Gasteiger charge is -2.07. The highest BCUT2D eigenvalue weighted by Crippen LogP contribution is 2.15. The molecule has 0 aliphatic carbocycles. The minimum atomic E-state index is -0.172. The van der Waals surface area contributed by atoms with Crippen molar-refractivity contribution in [3.8, 4) is 0 Å². The number of rotatable bonds is 5. The van der Waals surface area contributed by atoms with Crippen LogP contribution in [0.1, 0.15) is 12.5 Å². The standard InChI is InChI=1S/C11H16FNS/c1-9(6-13)7-14-8-10-2-4-11(12)5-3-10/h2-5,9H,6-8,13H2,1H3. The second-order valence-corrected chi connectivity index (χ2v) is 4.51. The Labute approximate surface area is 88.9 Å². The maximum absolute atomic E-state index is 12.6. The Kier molecular flexibility index (Phi) is 4.98. The van der Waals surface area contributed by atoms with Crippen molar-refractivity contribution in [1.82, 2.24) is 0 Å². The minimum Gasteiger partial charge on any atom is -0.330 e. The lowest BCUT2D eigenvalue weighted by molar-refractivity contribution is 0.627. The van der Waals surface area contributed by atoms with Gasteiger partial charge in [0.2, 0.25) is 0 Å². The van der Waals surface area contributed by atoms with Crippen LogP contribution in [0.2, 0.25) is 0 Å². The first-order chi connectivity index (χ1) is 6.72. The summed E-state index contributed by atoms with van der Waals surface area (Å²) in [6.45, 7) is 2.87. The number of hydrogen-bond acceptors (Lipinski definition) is 2. The van der Waals surface area contributed by atoms with Gasteiger partial charge in [-0.25, -0.2) is 4.39 Å². The van der Waals surface area contributed by atoms with E-state index < -0.39 is 0 Å². The molecule has 14 heavy (non-hydrogen) atoms. The molecule has 2 N–H and O–H groups in total. The van der Waals surface area contributed by atoms with Crippen molar-refractivity contribution in [2.45, 2.75) is 12.7 Å². The van der Waals surface area contributed by atoms with E-state index in [0.717, 1.165) is 18.1 Å². The van der Waals surface area contributed by atoms with Gasteiger partial charge in [0.25, 0.3) is 0 Å². The number of nitrogens with two attached hydrogens (primary N) is 1. The van der Waals surface area contributed by atoms with Crippen LogP contribution in [-0.4, -0.2) is 12.3 Å².